The third-order valence-electron chi connectivity index (χ3n) is 5.84. The molecule has 5 heteroatoms. The van der Waals surface area contributed by atoms with Crippen LogP contribution in [-0.2, 0) is 16.7 Å². The zero-order chi connectivity index (χ0) is 18.9. The lowest BCUT2D eigenvalue weighted by molar-refractivity contribution is 0.0597. The Balaban J connectivity index is 1.55. The lowest BCUT2D eigenvalue weighted by Gasteiger charge is -2.38. The Hall–Kier alpha value is -2.53. The quantitative estimate of drug-likeness (QED) is 0.775. The number of piperidine rings is 1. The Bertz CT molecular complexity index is 826. The number of carbonyl (C=O) groups excluding carboxylic acids is 1. The van der Waals surface area contributed by atoms with Crippen LogP contribution in [0, 0.1) is 0 Å². The van der Waals surface area contributed by atoms with E-state index < -0.39 is 0 Å². The van der Waals surface area contributed by atoms with E-state index in [0.717, 1.165) is 43.8 Å². The van der Waals surface area contributed by atoms with Crippen molar-refractivity contribution in [1.29, 1.82) is 0 Å². The second kappa shape index (κ2) is 7.24. The van der Waals surface area contributed by atoms with Crippen molar-refractivity contribution in [3.8, 4) is 11.5 Å². The van der Waals surface area contributed by atoms with Gasteiger partial charge in [0.05, 0.1) is 20.8 Å². The Morgan fingerprint density at radius 3 is 2.56 bits per heavy atom. The van der Waals surface area contributed by atoms with E-state index in [9.17, 15) is 4.79 Å². The molecule has 0 saturated carbocycles. The molecule has 0 atom stereocenters. The number of likely N-dealkylation sites (tertiary alicyclic amines) is 1. The zero-order valence-electron chi connectivity index (χ0n) is 15.9. The monoisotopic (exact) mass is 367 g/mol. The van der Waals surface area contributed by atoms with Gasteiger partial charge in [0.15, 0.2) is 0 Å². The van der Waals surface area contributed by atoms with E-state index in [4.69, 9.17) is 14.2 Å². The molecule has 0 aromatic heterocycles. The fraction of sp³-hybridized carbons (Fsp3) is 0.409. The summed E-state index contributed by atoms with van der Waals surface area (Å²) in [5.41, 5.74) is 2.89. The first kappa shape index (κ1) is 17.9. The van der Waals surface area contributed by atoms with Crippen molar-refractivity contribution < 1.29 is 19.0 Å². The van der Waals surface area contributed by atoms with E-state index in [1.54, 1.807) is 7.11 Å². The van der Waals surface area contributed by atoms with Crippen molar-refractivity contribution in [3.63, 3.8) is 0 Å². The molecular weight excluding hydrogens is 342 g/mol. The van der Waals surface area contributed by atoms with Gasteiger partial charge in [0.1, 0.15) is 17.1 Å². The number of hydrogen-bond acceptors (Lipinski definition) is 5. The SMILES string of the molecule is COC(=O)c1cc2c(cc1OC)OCC21CCN(Cc2ccccc2)CC1. The summed E-state index contributed by atoms with van der Waals surface area (Å²) >= 11 is 0. The van der Waals surface area contributed by atoms with Gasteiger partial charge in [-0.2, -0.15) is 0 Å². The predicted molar refractivity (Wildman–Crippen MR) is 102 cm³/mol. The largest absolute Gasteiger partial charge is 0.496 e. The lowest BCUT2D eigenvalue weighted by Crippen LogP contribution is -2.43. The van der Waals surface area contributed by atoms with Crippen molar-refractivity contribution in [2.24, 2.45) is 0 Å². The molecule has 142 valence electrons. The van der Waals surface area contributed by atoms with Crippen LogP contribution in [0.5, 0.6) is 11.5 Å². The first-order chi connectivity index (χ1) is 13.1. The summed E-state index contributed by atoms with van der Waals surface area (Å²) in [6.07, 6.45) is 2.03. The van der Waals surface area contributed by atoms with Crippen LogP contribution in [0.15, 0.2) is 42.5 Å². The third-order valence-corrected chi connectivity index (χ3v) is 5.84. The second-order valence-corrected chi connectivity index (χ2v) is 7.37. The topological polar surface area (TPSA) is 48.0 Å². The molecule has 1 spiro atoms. The normalized spacial score (nSPS) is 18.0. The van der Waals surface area contributed by atoms with Crippen LogP contribution in [0.4, 0.5) is 0 Å². The van der Waals surface area contributed by atoms with Crippen LogP contribution in [0.3, 0.4) is 0 Å². The Labute approximate surface area is 159 Å². The lowest BCUT2D eigenvalue weighted by atomic mass is 9.74. The summed E-state index contributed by atoms with van der Waals surface area (Å²) < 4.78 is 16.3. The summed E-state index contributed by atoms with van der Waals surface area (Å²) in [6, 6.07) is 14.3. The number of ether oxygens (including phenoxy) is 3. The Kier molecular flexibility index (Phi) is 4.79. The van der Waals surface area contributed by atoms with Crippen molar-refractivity contribution in [3.05, 3.63) is 59.2 Å². The molecule has 2 aromatic carbocycles. The molecule has 0 N–H and O–H groups in total. The molecule has 2 aliphatic rings. The van der Waals surface area contributed by atoms with Crippen molar-refractivity contribution >= 4 is 5.97 Å². The van der Waals surface area contributed by atoms with Gasteiger partial charge < -0.3 is 14.2 Å². The first-order valence-electron chi connectivity index (χ1n) is 9.35. The van der Waals surface area contributed by atoms with Crippen LogP contribution < -0.4 is 9.47 Å². The fourth-order valence-electron chi connectivity index (χ4n) is 4.22. The Morgan fingerprint density at radius 2 is 1.89 bits per heavy atom. The number of nitrogens with zero attached hydrogens (tertiary/aromatic N) is 1. The molecule has 0 unspecified atom stereocenters. The van der Waals surface area contributed by atoms with Crippen LogP contribution in [0.1, 0.15) is 34.3 Å². The number of rotatable bonds is 4. The van der Waals surface area contributed by atoms with Crippen molar-refractivity contribution in [2.75, 3.05) is 33.9 Å². The molecular formula is C22H25NO4. The number of fused-ring (bicyclic) bond motifs is 2. The molecule has 0 radical (unpaired) electrons. The van der Waals surface area contributed by atoms with Crippen molar-refractivity contribution in [1.82, 2.24) is 4.90 Å². The molecule has 0 amide bonds. The summed E-state index contributed by atoms with van der Waals surface area (Å²) in [7, 11) is 2.95. The summed E-state index contributed by atoms with van der Waals surface area (Å²) in [4.78, 5) is 14.7. The minimum atomic E-state index is -0.377. The summed E-state index contributed by atoms with van der Waals surface area (Å²) in [5.74, 6) is 0.952. The van der Waals surface area contributed by atoms with E-state index in [-0.39, 0.29) is 11.4 Å². The molecule has 0 bridgehead atoms. The average molecular weight is 367 g/mol. The highest BCUT2D eigenvalue weighted by atomic mass is 16.5. The summed E-state index contributed by atoms with van der Waals surface area (Å²) in [6.45, 7) is 3.66. The van der Waals surface area contributed by atoms with Crippen LogP contribution >= 0.6 is 0 Å². The second-order valence-electron chi connectivity index (χ2n) is 7.37. The van der Waals surface area contributed by atoms with Gasteiger partial charge in [-0.3, -0.25) is 4.90 Å². The van der Waals surface area contributed by atoms with Crippen LogP contribution in [-0.4, -0.2) is 44.8 Å². The maximum Gasteiger partial charge on any atom is 0.341 e. The van der Waals surface area contributed by atoms with E-state index in [0.29, 0.717) is 17.9 Å². The molecule has 1 saturated heterocycles. The summed E-state index contributed by atoms with van der Waals surface area (Å²) in [5, 5.41) is 0. The molecule has 0 aliphatic carbocycles. The highest BCUT2D eigenvalue weighted by Crippen LogP contribution is 2.48. The molecule has 2 heterocycles. The minimum absolute atomic E-state index is 0.0302. The van der Waals surface area contributed by atoms with Gasteiger partial charge >= 0.3 is 5.97 Å². The van der Waals surface area contributed by atoms with Gasteiger partial charge in [0.25, 0.3) is 0 Å². The van der Waals surface area contributed by atoms with Crippen LogP contribution in [0.2, 0.25) is 0 Å². The third kappa shape index (κ3) is 3.28. The maximum absolute atomic E-state index is 12.2. The minimum Gasteiger partial charge on any atom is -0.496 e. The maximum atomic E-state index is 12.2. The average Bonchev–Trinajstić information content (AvgIpc) is 3.06. The number of benzene rings is 2. The van der Waals surface area contributed by atoms with E-state index in [2.05, 4.69) is 35.2 Å². The Morgan fingerprint density at radius 1 is 1.15 bits per heavy atom. The number of hydrogen-bond donors (Lipinski definition) is 0. The van der Waals surface area contributed by atoms with E-state index in [1.165, 1.54) is 12.7 Å². The van der Waals surface area contributed by atoms with E-state index >= 15 is 0 Å². The van der Waals surface area contributed by atoms with E-state index in [1.807, 2.05) is 12.1 Å². The predicted octanol–water partition coefficient (Wildman–Crippen LogP) is 3.41. The molecule has 2 aromatic rings. The number of methoxy groups -OCH3 is 2. The molecule has 1 fully saturated rings. The van der Waals surface area contributed by atoms with Crippen LogP contribution in [0.25, 0.3) is 0 Å². The molecule has 5 nitrogen and oxygen atoms in total. The smallest absolute Gasteiger partial charge is 0.341 e. The first-order valence-corrected chi connectivity index (χ1v) is 9.35. The zero-order valence-corrected chi connectivity index (χ0v) is 15.9. The van der Waals surface area contributed by atoms with Gasteiger partial charge in [0.2, 0.25) is 0 Å². The standard InChI is InChI=1S/C22H25NO4/c1-25-19-13-20-18(12-17(19)21(24)26-2)22(15-27-20)8-10-23(11-9-22)14-16-6-4-3-5-7-16/h3-7,12-13H,8-11,14-15H2,1-2H3. The molecule has 2 aliphatic heterocycles. The molecule has 4 rings (SSSR count). The number of carbonyl (C=O) groups is 1. The molecule has 27 heavy (non-hydrogen) atoms. The van der Waals surface area contributed by atoms with Crippen molar-refractivity contribution in [2.45, 2.75) is 24.8 Å². The van der Waals surface area contributed by atoms with Gasteiger partial charge in [-0.05, 0) is 37.6 Å². The van der Waals surface area contributed by atoms with Gasteiger partial charge in [0, 0.05) is 23.6 Å². The van der Waals surface area contributed by atoms with Gasteiger partial charge in [-0.15, -0.1) is 0 Å². The fourth-order valence-corrected chi connectivity index (χ4v) is 4.22. The highest BCUT2D eigenvalue weighted by molar-refractivity contribution is 5.93. The van der Waals surface area contributed by atoms with Gasteiger partial charge in [-0.25, -0.2) is 4.79 Å². The highest BCUT2D eigenvalue weighted by Gasteiger charge is 2.44. The number of esters is 1. The van der Waals surface area contributed by atoms with Gasteiger partial charge in [-0.1, -0.05) is 30.3 Å².